The van der Waals surface area contributed by atoms with Crippen LogP contribution in [0.3, 0.4) is 0 Å². The van der Waals surface area contributed by atoms with Gasteiger partial charge in [0, 0.05) is 0 Å². The van der Waals surface area contributed by atoms with E-state index < -0.39 is 17.8 Å². The van der Waals surface area contributed by atoms with E-state index in [2.05, 4.69) is 20.8 Å². The third-order valence-corrected chi connectivity index (χ3v) is 6.45. The number of allylic oxidation sites excluding steroid dienone is 2. The van der Waals surface area contributed by atoms with Gasteiger partial charge in [0.25, 0.3) is 0 Å². The Labute approximate surface area is 191 Å². The fourth-order valence-corrected chi connectivity index (χ4v) is 4.56. The highest BCUT2D eigenvalue weighted by atomic mass is 16.5. The van der Waals surface area contributed by atoms with Crippen LogP contribution in [0.15, 0.2) is 12.2 Å². The van der Waals surface area contributed by atoms with E-state index in [0.29, 0.717) is 18.8 Å². The van der Waals surface area contributed by atoms with Crippen LogP contribution >= 0.6 is 0 Å². The van der Waals surface area contributed by atoms with Gasteiger partial charge in [-0.3, -0.25) is 9.59 Å². The molecule has 1 aliphatic carbocycles. The van der Waals surface area contributed by atoms with Crippen molar-refractivity contribution in [3.8, 4) is 0 Å². The van der Waals surface area contributed by atoms with Gasteiger partial charge in [-0.1, -0.05) is 104 Å². The maximum absolute atomic E-state index is 12.7. The average molecular weight is 437 g/mol. The van der Waals surface area contributed by atoms with Gasteiger partial charge in [0.2, 0.25) is 0 Å². The van der Waals surface area contributed by atoms with Crippen LogP contribution in [-0.2, 0) is 14.3 Å². The lowest BCUT2D eigenvalue weighted by atomic mass is 9.83. The summed E-state index contributed by atoms with van der Waals surface area (Å²) in [5.74, 6) is -1.95. The summed E-state index contributed by atoms with van der Waals surface area (Å²) in [6.45, 7) is 6.55. The second-order valence-corrected chi connectivity index (χ2v) is 9.86. The number of unbranched alkanes of at least 4 members (excludes halogenated alkanes) is 11. The Balaban J connectivity index is 2.23. The van der Waals surface area contributed by atoms with Crippen LogP contribution in [0.1, 0.15) is 124 Å². The normalized spacial score (nSPS) is 19.5. The van der Waals surface area contributed by atoms with E-state index >= 15 is 0 Å². The predicted octanol–water partition coefficient (Wildman–Crippen LogP) is 7.70. The van der Waals surface area contributed by atoms with Gasteiger partial charge < -0.3 is 9.84 Å². The summed E-state index contributed by atoms with van der Waals surface area (Å²) in [6, 6.07) is 0. The zero-order valence-electron chi connectivity index (χ0n) is 20.4. The SMILES string of the molecule is CCCCCCCCCCCCCCC(CC(C)C)OC(=O)C1CC=CCC1C(=O)O. The van der Waals surface area contributed by atoms with Gasteiger partial charge in [-0.2, -0.15) is 0 Å². The second-order valence-electron chi connectivity index (χ2n) is 9.86. The quantitative estimate of drug-likeness (QED) is 0.136. The number of rotatable bonds is 18. The molecule has 0 aromatic rings. The number of aliphatic carboxylic acids is 1. The zero-order valence-corrected chi connectivity index (χ0v) is 20.4. The minimum Gasteiger partial charge on any atom is -0.481 e. The maximum Gasteiger partial charge on any atom is 0.310 e. The molecule has 3 atom stereocenters. The first-order valence-electron chi connectivity index (χ1n) is 13.0. The molecular weight excluding hydrogens is 388 g/mol. The Kier molecular flexibility index (Phi) is 15.4. The minimum absolute atomic E-state index is 0.0871. The van der Waals surface area contributed by atoms with Crippen molar-refractivity contribution in [2.45, 2.75) is 130 Å². The Morgan fingerprint density at radius 1 is 0.839 bits per heavy atom. The first-order valence-corrected chi connectivity index (χ1v) is 13.0. The fourth-order valence-electron chi connectivity index (χ4n) is 4.56. The third kappa shape index (κ3) is 13.0. The van der Waals surface area contributed by atoms with Gasteiger partial charge in [0.1, 0.15) is 6.10 Å². The Morgan fingerprint density at radius 3 is 1.81 bits per heavy atom. The Bertz CT molecular complexity index is 511. The fraction of sp³-hybridized carbons (Fsp3) is 0.852. The average Bonchev–Trinajstić information content (AvgIpc) is 2.73. The number of carbonyl (C=O) groups is 2. The summed E-state index contributed by atoms with van der Waals surface area (Å²) < 4.78 is 5.84. The van der Waals surface area contributed by atoms with Crippen molar-refractivity contribution in [3.63, 3.8) is 0 Å². The van der Waals surface area contributed by atoms with Crippen molar-refractivity contribution >= 4 is 11.9 Å². The van der Waals surface area contributed by atoms with Crippen molar-refractivity contribution in [1.82, 2.24) is 0 Å². The molecule has 0 bridgehead atoms. The number of ether oxygens (including phenoxy) is 1. The molecule has 0 saturated carbocycles. The highest BCUT2D eigenvalue weighted by molar-refractivity contribution is 5.81. The van der Waals surface area contributed by atoms with Crippen LogP contribution in [0.2, 0.25) is 0 Å². The lowest BCUT2D eigenvalue weighted by molar-refractivity contribution is -0.162. The topological polar surface area (TPSA) is 63.6 Å². The maximum atomic E-state index is 12.7. The lowest BCUT2D eigenvalue weighted by Crippen LogP contribution is -2.34. The molecule has 0 amide bonds. The number of hydrogen-bond donors (Lipinski definition) is 1. The largest absolute Gasteiger partial charge is 0.481 e. The summed E-state index contributed by atoms with van der Waals surface area (Å²) in [7, 11) is 0. The first kappa shape index (κ1) is 27.7. The Morgan fingerprint density at radius 2 is 1.32 bits per heavy atom. The highest BCUT2D eigenvalue weighted by Gasteiger charge is 2.36. The van der Waals surface area contributed by atoms with Crippen molar-refractivity contribution in [2.24, 2.45) is 17.8 Å². The minimum atomic E-state index is -0.896. The van der Waals surface area contributed by atoms with E-state index in [-0.39, 0.29) is 12.1 Å². The molecule has 1 rings (SSSR count). The molecule has 1 N–H and O–H groups in total. The van der Waals surface area contributed by atoms with Crippen LogP contribution in [0.5, 0.6) is 0 Å². The number of carbonyl (C=O) groups excluding carboxylic acids is 1. The number of hydrogen-bond acceptors (Lipinski definition) is 3. The second kappa shape index (κ2) is 17.3. The molecule has 0 aromatic carbocycles. The molecule has 4 heteroatoms. The summed E-state index contributed by atoms with van der Waals surface area (Å²) in [6.07, 6.45) is 22.1. The number of carboxylic acids is 1. The predicted molar refractivity (Wildman–Crippen MR) is 128 cm³/mol. The van der Waals surface area contributed by atoms with Gasteiger partial charge in [-0.05, 0) is 38.0 Å². The number of carboxylic acid groups (broad SMARTS) is 1. The van der Waals surface area contributed by atoms with Crippen molar-refractivity contribution in [2.75, 3.05) is 0 Å². The molecule has 3 unspecified atom stereocenters. The van der Waals surface area contributed by atoms with Gasteiger partial charge in [0.15, 0.2) is 0 Å². The van der Waals surface area contributed by atoms with Crippen LogP contribution in [-0.4, -0.2) is 23.1 Å². The molecule has 0 saturated heterocycles. The molecule has 0 spiro atoms. The molecule has 0 heterocycles. The lowest BCUT2D eigenvalue weighted by Gasteiger charge is -2.27. The van der Waals surface area contributed by atoms with E-state index in [9.17, 15) is 14.7 Å². The molecule has 0 aliphatic heterocycles. The number of esters is 1. The van der Waals surface area contributed by atoms with Crippen molar-refractivity contribution in [1.29, 1.82) is 0 Å². The third-order valence-electron chi connectivity index (χ3n) is 6.45. The van der Waals surface area contributed by atoms with E-state index in [0.717, 1.165) is 19.3 Å². The van der Waals surface area contributed by atoms with Crippen LogP contribution in [0.25, 0.3) is 0 Å². The zero-order chi connectivity index (χ0) is 22.9. The molecular formula is C27H48O4. The monoisotopic (exact) mass is 436 g/mol. The van der Waals surface area contributed by atoms with Gasteiger partial charge >= 0.3 is 11.9 Å². The highest BCUT2D eigenvalue weighted by Crippen LogP contribution is 2.28. The van der Waals surface area contributed by atoms with E-state index in [4.69, 9.17) is 4.74 Å². The summed E-state index contributed by atoms with van der Waals surface area (Å²) in [5.41, 5.74) is 0. The van der Waals surface area contributed by atoms with E-state index in [1.165, 1.54) is 70.6 Å². The first-order chi connectivity index (χ1) is 15.0. The van der Waals surface area contributed by atoms with E-state index in [1.807, 2.05) is 12.2 Å². The van der Waals surface area contributed by atoms with Gasteiger partial charge in [-0.15, -0.1) is 0 Å². The van der Waals surface area contributed by atoms with Crippen LogP contribution in [0.4, 0.5) is 0 Å². The summed E-state index contributed by atoms with van der Waals surface area (Å²) >= 11 is 0. The Hall–Kier alpha value is -1.32. The van der Waals surface area contributed by atoms with Crippen LogP contribution < -0.4 is 0 Å². The van der Waals surface area contributed by atoms with Gasteiger partial charge in [-0.25, -0.2) is 0 Å². The summed E-state index contributed by atoms with van der Waals surface area (Å²) in [4.78, 5) is 24.2. The molecule has 0 fully saturated rings. The van der Waals surface area contributed by atoms with E-state index in [1.54, 1.807) is 0 Å². The van der Waals surface area contributed by atoms with Crippen LogP contribution in [0, 0.1) is 17.8 Å². The molecule has 4 nitrogen and oxygen atoms in total. The standard InChI is InChI=1S/C27H48O4/c1-4-5-6-7-8-9-10-11-12-13-14-15-18-23(21-22(2)3)31-27(30)25-20-17-16-19-24(25)26(28)29/h16-17,22-25H,4-15,18-21H2,1-3H3,(H,28,29). The molecule has 180 valence electrons. The van der Waals surface area contributed by atoms with Crippen molar-refractivity contribution < 1.29 is 19.4 Å². The molecule has 31 heavy (non-hydrogen) atoms. The van der Waals surface area contributed by atoms with Gasteiger partial charge in [0.05, 0.1) is 11.8 Å². The molecule has 0 radical (unpaired) electrons. The summed E-state index contributed by atoms with van der Waals surface area (Å²) in [5, 5.41) is 9.42. The molecule has 0 aromatic heterocycles. The smallest absolute Gasteiger partial charge is 0.310 e. The molecule has 1 aliphatic rings. The van der Waals surface area contributed by atoms with Crippen molar-refractivity contribution in [3.05, 3.63) is 12.2 Å².